The van der Waals surface area contributed by atoms with E-state index in [1.807, 2.05) is 31.2 Å². The number of nitrogens with one attached hydrogen (secondary N) is 2. The Morgan fingerprint density at radius 2 is 1.88 bits per heavy atom. The van der Waals surface area contributed by atoms with Crippen LogP contribution in [0.5, 0.6) is 5.75 Å². The molecule has 0 aliphatic heterocycles. The number of methoxy groups -OCH3 is 1. The number of fused-ring (bicyclic) bond motifs is 1. The summed E-state index contributed by atoms with van der Waals surface area (Å²) < 4.78 is 10.1. The number of H-pyrrole nitrogens is 1. The summed E-state index contributed by atoms with van der Waals surface area (Å²) in [7, 11) is 1.35. The zero-order valence-electron chi connectivity index (χ0n) is 14.7. The summed E-state index contributed by atoms with van der Waals surface area (Å²) in [6, 6.07) is 14.4. The largest absolute Gasteiger partial charge is 0.494 e. The first-order chi connectivity index (χ1) is 12.6. The van der Waals surface area contributed by atoms with Gasteiger partial charge in [-0.05, 0) is 54.8 Å². The summed E-state index contributed by atoms with van der Waals surface area (Å²) in [6.07, 6.45) is 0. The lowest BCUT2D eigenvalue weighted by atomic mass is 10.1. The van der Waals surface area contributed by atoms with E-state index in [2.05, 4.69) is 15.0 Å². The van der Waals surface area contributed by atoms with Gasteiger partial charge in [-0.3, -0.25) is 4.79 Å². The standard InChI is InChI=1S/C20H20N2O4/c1-3-26-17-9-6-14-10-15(19(23)22-18(14)11-17)12-21-16-7-4-13(5-8-16)20(24)25-2/h4-11,21H,3,12H2,1-2H3,(H,22,23). The highest BCUT2D eigenvalue weighted by molar-refractivity contribution is 5.89. The van der Waals surface area contributed by atoms with Gasteiger partial charge >= 0.3 is 5.97 Å². The molecule has 0 saturated heterocycles. The van der Waals surface area contributed by atoms with Gasteiger partial charge in [0.1, 0.15) is 5.75 Å². The minimum Gasteiger partial charge on any atom is -0.494 e. The Balaban J connectivity index is 1.76. The Bertz CT molecular complexity index is 977. The van der Waals surface area contributed by atoms with Gasteiger partial charge in [0, 0.05) is 23.9 Å². The molecule has 0 atom stereocenters. The number of carbonyl (C=O) groups is 1. The molecular weight excluding hydrogens is 332 g/mol. The summed E-state index contributed by atoms with van der Waals surface area (Å²) in [6.45, 7) is 2.86. The summed E-state index contributed by atoms with van der Waals surface area (Å²) in [4.78, 5) is 26.6. The van der Waals surface area contributed by atoms with Crippen molar-refractivity contribution >= 4 is 22.6 Å². The van der Waals surface area contributed by atoms with E-state index < -0.39 is 0 Å². The van der Waals surface area contributed by atoms with Gasteiger partial charge in [-0.25, -0.2) is 4.79 Å². The lowest BCUT2D eigenvalue weighted by Gasteiger charge is -2.09. The van der Waals surface area contributed by atoms with Gasteiger partial charge in [-0.15, -0.1) is 0 Å². The van der Waals surface area contributed by atoms with Gasteiger partial charge in [0.15, 0.2) is 0 Å². The van der Waals surface area contributed by atoms with Crippen molar-refractivity contribution in [2.75, 3.05) is 19.0 Å². The van der Waals surface area contributed by atoms with Crippen LogP contribution < -0.4 is 15.6 Å². The average Bonchev–Trinajstić information content (AvgIpc) is 2.66. The normalized spacial score (nSPS) is 10.5. The molecule has 6 nitrogen and oxygen atoms in total. The topological polar surface area (TPSA) is 80.4 Å². The highest BCUT2D eigenvalue weighted by atomic mass is 16.5. The van der Waals surface area contributed by atoms with Crippen molar-refractivity contribution in [3.63, 3.8) is 0 Å². The molecule has 2 aromatic carbocycles. The van der Waals surface area contributed by atoms with Crippen LogP contribution in [0.1, 0.15) is 22.8 Å². The monoisotopic (exact) mass is 352 g/mol. The van der Waals surface area contributed by atoms with Crippen LogP contribution in [0.25, 0.3) is 10.9 Å². The quantitative estimate of drug-likeness (QED) is 0.665. The molecule has 0 aliphatic rings. The highest BCUT2D eigenvalue weighted by Gasteiger charge is 2.06. The summed E-state index contributed by atoms with van der Waals surface area (Å²) >= 11 is 0. The number of benzene rings is 2. The van der Waals surface area contributed by atoms with E-state index in [0.717, 1.165) is 22.3 Å². The lowest BCUT2D eigenvalue weighted by molar-refractivity contribution is 0.0601. The smallest absolute Gasteiger partial charge is 0.337 e. The molecule has 26 heavy (non-hydrogen) atoms. The molecule has 3 rings (SSSR count). The van der Waals surface area contributed by atoms with Crippen molar-refractivity contribution in [1.29, 1.82) is 0 Å². The predicted octanol–water partition coefficient (Wildman–Crippen LogP) is 3.33. The molecule has 134 valence electrons. The number of esters is 1. The van der Waals surface area contributed by atoms with Gasteiger partial charge in [0.25, 0.3) is 5.56 Å². The molecule has 6 heteroatoms. The summed E-state index contributed by atoms with van der Waals surface area (Å²) in [5, 5.41) is 4.12. The van der Waals surface area contributed by atoms with E-state index in [0.29, 0.717) is 24.3 Å². The molecule has 0 radical (unpaired) electrons. The number of rotatable bonds is 6. The zero-order chi connectivity index (χ0) is 18.5. The number of aromatic nitrogens is 1. The predicted molar refractivity (Wildman–Crippen MR) is 101 cm³/mol. The number of carbonyl (C=O) groups excluding carboxylic acids is 1. The van der Waals surface area contributed by atoms with Gasteiger partial charge in [0.05, 0.1) is 24.8 Å². The molecule has 0 spiro atoms. The van der Waals surface area contributed by atoms with E-state index in [1.54, 1.807) is 24.3 Å². The fourth-order valence-electron chi connectivity index (χ4n) is 2.65. The molecule has 1 heterocycles. The molecule has 0 amide bonds. The first-order valence-corrected chi connectivity index (χ1v) is 8.31. The molecule has 1 aromatic heterocycles. The van der Waals surface area contributed by atoms with Crippen LogP contribution in [0.15, 0.2) is 53.3 Å². The van der Waals surface area contributed by atoms with Gasteiger partial charge < -0.3 is 19.8 Å². The average molecular weight is 352 g/mol. The van der Waals surface area contributed by atoms with Crippen molar-refractivity contribution in [2.45, 2.75) is 13.5 Å². The molecule has 0 fully saturated rings. The van der Waals surface area contributed by atoms with Crippen LogP contribution in [-0.2, 0) is 11.3 Å². The van der Waals surface area contributed by atoms with Crippen molar-refractivity contribution in [3.8, 4) is 5.75 Å². The second-order valence-electron chi connectivity index (χ2n) is 5.73. The zero-order valence-corrected chi connectivity index (χ0v) is 14.7. The molecule has 3 aromatic rings. The van der Waals surface area contributed by atoms with E-state index in [1.165, 1.54) is 7.11 Å². The first kappa shape index (κ1) is 17.5. The number of ether oxygens (including phenoxy) is 2. The first-order valence-electron chi connectivity index (χ1n) is 8.31. The highest BCUT2D eigenvalue weighted by Crippen LogP contribution is 2.19. The second-order valence-corrected chi connectivity index (χ2v) is 5.73. The maximum Gasteiger partial charge on any atom is 0.337 e. The third kappa shape index (κ3) is 3.85. The third-order valence-corrected chi connectivity index (χ3v) is 3.99. The van der Waals surface area contributed by atoms with Crippen molar-refractivity contribution in [2.24, 2.45) is 0 Å². The van der Waals surface area contributed by atoms with Crippen LogP contribution >= 0.6 is 0 Å². The number of aromatic amines is 1. The molecule has 2 N–H and O–H groups in total. The second kappa shape index (κ2) is 7.74. The maximum absolute atomic E-state index is 12.3. The Kier molecular flexibility index (Phi) is 5.22. The fraction of sp³-hybridized carbons (Fsp3) is 0.200. The molecular formula is C20H20N2O4. The van der Waals surface area contributed by atoms with Crippen LogP contribution in [-0.4, -0.2) is 24.7 Å². The number of hydrogen-bond acceptors (Lipinski definition) is 5. The van der Waals surface area contributed by atoms with Crippen LogP contribution in [0.3, 0.4) is 0 Å². The minimum atomic E-state index is -0.381. The van der Waals surface area contributed by atoms with Gasteiger partial charge in [0.2, 0.25) is 0 Å². The Morgan fingerprint density at radius 3 is 2.58 bits per heavy atom. The summed E-state index contributed by atoms with van der Waals surface area (Å²) in [5.41, 5.74) is 2.51. The van der Waals surface area contributed by atoms with E-state index in [4.69, 9.17) is 4.74 Å². The van der Waals surface area contributed by atoms with Crippen molar-refractivity contribution < 1.29 is 14.3 Å². The van der Waals surface area contributed by atoms with Crippen LogP contribution in [0, 0.1) is 0 Å². The molecule has 0 bridgehead atoms. The van der Waals surface area contributed by atoms with Crippen molar-refractivity contribution in [1.82, 2.24) is 4.98 Å². The fourth-order valence-corrected chi connectivity index (χ4v) is 2.65. The molecule has 0 unspecified atom stereocenters. The minimum absolute atomic E-state index is 0.148. The maximum atomic E-state index is 12.3. The SMILES string of the molecule is CCOc1ccc2cc(CNc3ccc(C(=O)OC)cc3)c(=O)[nH]c2c1. The van der Waals surface area contributed by atoms with E-state index in [9.17, 15) is 9.59 Å². The molecule has 0 saturated carbocycles. The Labute approximate surface area is 150 Å². The van der Waals surface area contributed by atoms with Crippen LogP contribution in [0.4, 0.5) is 5.69 Å². The molecule has 0 aliphatic carbocycles. The number of hydrogen-bond donors (Lipinski definition) is 2. The number of pyridine rings is 1. The Hall–Kier alpha value is -3.28. The van der Waals surface area contributed by atoms with E-state index >= 15 is 0 Å². The number of anilines is 1. The Morgan fingerprint density at radius 1 is 1.12 bits per heavy atom. The van der Waals surface area contributed by atoms with Crippen molar-refractivity contribution in [3.05, 3.63) is 70.0 Å². The van der Waals surface area contributed by atoms with Gasteiger partial charge in [-0.2, -0.15) is 0 Å². The lowest BCUT2D eigenvalue weighted by Crippen LogP contribution is -2.15. The summed E-state index contributed by atoms with van der Waals surface area (Å²) in [5.74, 6) is 0.348. The van der Waals surface area contributed by atoms with Crippen LogP contribution in [0.2, 0.25) is 0 Å². The van der Waals surface area contributed by atoms with E-state index in [-0.39, 0.29) is 11.5 Å². The third-order valence-electron chi connectivity index (χ3n) is 3.99. The van der Waals surface area contributed by atoms with Gasteiger partial charge in [-0.1, -0.05) is 0 Å².